The van der Waals surface area contributed by atoms with Crippen LogP contribution in [-0.2, 0) is 9.47 Å². The molecule has 3 nitrogen and oxygen atoms in total. The van der Waals surface area contributed by atoms with E-state index in [4.69, 9.17) is 9.47 Å². The van der Waals surface area contributed by atoms with Crippen LogP contribution in [0.5, 0.6) is 0 Å². The number of aryl methyl sites for hydroxylation is 1. The van der Waals surface area contributed by atoms with Gasteiger partial charge in [-0.2, -0.15) is 11.8 Å². The molecule has 0 heterocycles. The summed E-state index contributed by atoms with van der Waals surface area (Å²) in [5.74, 6) is 1.61. The fraction of sp³-hybridized carbons (Fsp3) is 0.611. The molecular formula is C18H28O3S. The third kappa shape index (κ3) is 7.85. The van der Waals surface area contributed by atoms with Gasteiger partial charge in [0.1, 0.15) is 6.10 Å². The molecule has 0 saturated carbocycles. The van der Waals surface area contributed by atoms with Crippen LogP contribution in [-0.4, -0.2) is 36.3 Å². The molecule has 0 unspecified atom stereocenters. The van der Waals surface area contributed by atoms with Crippen LogP contribution < -0.4 is 0 Å². The SMILES string of the molecule is CCCCSC[C@H](COC(C)C)OC(=O)c1ccc(C)cc1. The van der Waals surface area contributed by atoms with E-state index in [1.807, 2.05) is 56.8 Å². The summed E-state index contributed by atoms with van der Waals surface area (Å²) in [7, 11) is 0. The summed E-state index contributed by atoms with van der Waals surface area (Å²) in [6.45, 7) is 8.61. The average molecular weight is 324 g/mol. The molecule has 22 heavy (non-hydrogen) atoms. The van der Waals surface area contributed by atoms with Gasteiger partial charge in [-0.15, -0.1) is 0 Å². The van der Waals surface area contributed by atoms with E-state index < -0.39 is 0 Å². The maximum Gasteiger partial charge on any atom is 0.338 e. The number of benzene rings is 1. The summed E-state index contributed by atoms with van der Waals surface area (Å²) in [5, 5.41) is 0. The number of hydrogen-bond donors (Lipinski definition) is 0. The van der Waals surface area contributed by atoms with Gasteiger partial charge in [0.25, 0.3) is 0 Å². The normalized spacial score (nSPS) is 12.4. The van der Waals surface area contributed by atoms with Crippen LogP contribution in [0.4, 0.5) is 0 Å². The molecule has 0 aliphatic rings. The van der Waals surface area contributed by atoms with E-state index in [9.17, 15) is 4.79 Å². The number of carbonyl (C=O) groups is 1. The number of carbonyl (C=O) groups excluding carboxylic acids is 1. The number of unbranched alkanes of at least 4 members (excludes halogenated alkanes) is 1. The Kier molecular flexibility index (Phi) is 9.25. The highest BCUT2D eigenvalue weighted by atomic mass is 32.2. The Balaban J connectivity index is 2.53. The van der Waals surface area contributed by atoms with Crippen molar-refractivity contribution in [2.24, 2.45) is 0 Å². The zero-order chi connectivity index (χ0) is 16.4. The number of esters is 1. The maximum absolute atomic E-state index is 12.2. The molecule has 1 rings (SSSR count). The van der Waals surface area contributed by atoms with Gasteiger partial charge in [-0.25, -0.2) is 4.79 Å². The number of ether oxygens (including phenoxy) is 2. The second kappa shape index (κ2) is 10.7. The highest BCUT2D eigenvalue weighted by Crippen LogP contribution is 2.13. The lowest BCUT2D eigenvalue weighted by atomic mass is 10.1. The standard InChI is InChI=1S/C18H28O3S/c1-5-6-11-22-13-17(12-20-14(2)3)21-18(19)16-9-7-15(4)8-10-16/h7-10,14,17H,5-6,11-13H2,1-4H3/t17-/m0/s1. The molecule has 0 radical (unpaired) electrons. The van der Waals surface area contributed by atoms with E-state index in [0.29, 0.717) is 12.2 Å². The van der Waals surface area contributed by atoms with Crippen molar-refractivity contribution in [3.05, 3.63) is 35.4 Å². The van der Waals surface area contributed by atoms with Crippen LogP contribution in [0.3, 0.4) is 0 Å². The molecule has 0 aliphatic heterocycles. The third-order valence-corrected chi connectivity index (χ3v) is 4.31. The van der Waals surface area contributed by atoms with Crippen molar-refractivity contribution in [3.63, 3.8) is 0 Å². The van der Waals surface area contributed by atoms with Gasteiger partial charge < -0.3 is 9.47 Å². The zero-order valence-corrected chi connectivity index (χ0v) is 14.9. The Labute approximate surface area is 138 Å². The van der Waals surface area contributed by atoms with E-state index in [1.165, 1.54) is 12.8 Å². The predicted molar refractivity (Wildman–Crippen MR) is 93.7 cm³/mol. The summed E-state index contributed by atoms with van der Waals surface area (Å²) in [5.41, 5.74) is 1.73. The minimum atomic E-state index is -0.270. The van der Waals surface area contributed by atoms with Gasteiger partial charge in [-0.05, 0) is 45.1 Å². The van der Waals surface area contributed by atoms with Gasteiger partial charge in [-0.1, -0.05) is 31.0 Å². The maximum atomic E-state index is 12.2. The average Bonchev–Trinajstić information content (AvgIpc) is 2.49. The van der Waals surface area contributed by atoms with Gasteiger partial charge in [0.15, 0.2) is 0 Å². The second-order valence-electron chi connectivity index (χ2n) is 5.70. The molecule has 1 aromatic rings. The van der Waals surface area contributed by atoms with Crippen molar-refractivity contribution < 1.29 is 14.3 Å². The quantitative estimate of drug-likeness (QED) is 0.469. The molecule has 0 aliphatic carbocycles. The van der Waals surface area contributed by atoms with Gasteiger partial charge in [0.2, 0.25) is 0 Å². The lowest BCUT2D eigenvalue weighted by molar-refractivity contribution is -0.0119. The zero-order valence-electron chi connectivity index (χ0n) is 14.1. The topological polar surface area (TPSA) is 35.5 Å². The van der Waals surface area contributed by atoms with Gasteiger partial charge in [0.05, 0.1) is 18.3 Å². The Hall–Kier alpha value is -1.00. The molecule has 1 aromatic carbocycles. The number of rotatable bonds is 10. The Bertz CT molecular complexity index is 428. The first-order valence-corrected chi connectivity index (χ1v) is 9.15. The molecule has 124 valence electrons. The van der Waals surface area contributed by atoms with Crippen LogP contribution in [0.15, 0.2) is 24.3 Å². The highest BCUT2D eigenvalue weighted by molar-refractivity contribution is 7.99. The first-order chi connectivity index (χ1) is 10.5. The Morgan fingerprint density at radius 2 is 1.91 bits per heavy atom. The van der Waals surface area contributed by atoms with Crippen LogP contribution in [0.1, 0.15) is 49.5 Å². The molecule has 0 spiro atoms. The minimum Gasteiger partial charge on any atom is -0.455 e. The van der Waals surface area contributed by atoms with Gasteiger partial charge in [0, 0.05) is 5.75 Å². The van der Waals surface area contributed by atoms with E-state index in [0.717, 1.165) is 17.1 Å². The number of thioether (sulfide) groups is 1. The molecule has 0 fully saturated rings. The summed E-state index contributed by atoms with van der Waals surface area (Å²) < 4.78 is 11.2. The first-order valence-electron chi connectivity index (χ1n) is 8.00. The van der Waals surface area contributed by atoms with Crippen molar-refractivity contribution in [1.29, 1.82) is 0 Å². The minimum absolute atomic E-state index is 0.140. The van der Waals surface area contributed by atoms with Crippen LogP contribution in [0.2, 0.25) is 0 Å². The Morgan fingerprint density at radius 3 is 2.50 bits per heavy atom. The van der Waals surface area contributed by atoms with Crippen LogP contribution in [0, 0.1) is 6.92 Å². The molecule has 0 bridgehead atoms. The monoisotopic (exact) mass is 324 g/mol. The van der Waals surface area contributed by atoms with Crippen molar-refractivity contribution in [2.75, 3.05) is 18.1 Å². The predicted octanol–water partition coefficient (Wildman–Crippen LogP) is 4.48. The molecule has 0 amide bonds. The van der Waals surface area contributed by atoms with Crippen molar-refractivity contribution in [3.8, 4) is 0 Å². The van der Waals surface area contributed by atoms with E-state index in [1.54, 1.807) is 0 Å². The molecular weight excluding hydrogens is 296 g/mol. The van der Waals surface area contributed by atoms with E-state index >= 15 is 0 Å². The number of hydrogen-bond acceptors (Lipinski definition) is 4. The second-order valence-corrected chi connectivity index (χ2v) is 6.85. The third-order valence-electron chi connectivity index (χ3n) is 3.12. The summed E-state index contributed by atoms with van der Waals surface area (Å²) in [4.78, 5) is 12.2. The molecule has 4 heteroatoms. The largest absolute Gasteiger partial charge is 0.455 e. The smallest absolute Gasteiger partial charge is 0.338 e. The van der Waals surface area contributed by atoms with Gasteiger partial charge in [-0.3, -0.25) is 0 Å². The van der Waals surface area contributed by atoms with Crippen molar-refractivity contribution in [1.82, 2.24) is 0 Å². The van der Waals surface area contributed by atoms with Crippen LogP contribution in [0.25, 0.3) is 0 Å². The van der Waals surface area contributed by atoms with Crippen LogP contribution >= 0.6 is 11.8 Å². The van der Waals surface area contributed by atoms with Gasteiger partial charge >= 0.3 is 5.97 Å². The lowest BCUT2D eigenvalue weighted by Gasteiger charge is -2.19. The van der Waals surface area contributed by atoms with E-state index in [2.05, 4.69) is 6.92 Å². The summed E-state index contributed by atoms with van der Waals surface area (Å²) in [6.07, 6.45) is 2.32. The molecule has 0 saturated heterocycles. The fourth-order valence-electron chi connectivity index (χ4n) is 1.79. The first kappa shape index (κ1) is 19.0. The van der Waals surface area contributed by atoms with Crippen molar-refractivity contribution >= 4 is 17.7 Å². The van der Waals surface area contributed by atoms with Crippen molar-refractivity contribution in [2.45, 2.75) is 52.7 Å². The molecule has 0 aromatic heterocycles. The summed E-state index contributed by atoms with van der Waals surface area (Å²) >= 11 is 1.82. The lowest BCUT2D eigenvalue weighted by Crippen LogP contribution is -2.27. The molecule has 0 N–H and O–H groups in total. The summed E-state index contributed by atoms with van der Waals surface area (Å²) in [6, 6.07) is 7.46. The Morgan fingerprint density at radius 1 is 1.23 bits per heavy atom. The highest BCUT2D eigenvalue weighted by Gasteiger charge is 2.17. The molecule has 1 atom stereocenters. The van der Waals surface area contributed by atoms with E-state index in [-0.39, 0.29) is 18.2 Å². The fourth-order valence-corrected chi connectivity index (χ4v) is 2.87.